The maximum Gasteiger partial charge on any atom is 0.236 e. The van der Waals surface area contributed by atoms with Gasteiger partial charge in [-0.25, -0.2) is 0 Å². The van der Waals surface area contributed by atoms with Crippen LogP contribution in [0.2, 0.25) is 0 Å². The van der Waals surface area contributed by atoms with Crippen molar-refractivity contribution in [1.29, 1.82) is 0 Å². The Bertz CT molecular complexity index is 447. The van der Waals surface area contributed by atoms with Crippen LogP contribution in [-0.4, -0.2) is 42.4 Å². The second-order valence-electron chi connectivity index (χ2n) is 6.32. The lowest BCUT2D eigenvalue weighted by atomic mass is 10.0. The molecular weight excluding hydrogens is 248 g/mol. The Labute approximate surface area is 122 Å². The maximum absolute atomic E-state index is 11.9. The lowest BCUT2D eigenvalue weighted by molar-refractivity contribution is -0.130. The number of nitrogens with zero attached hydrogens (tertiary/aromatic N) is 2. The summed E-state index contributed by atoms with van der Waals surface area (Å²) in [5.74, 6) is 0.759. The molecule has 0 unspecified atom stereocenters. The van der Waals surface area contributed by atoms with E-state index in [1.165, 1.54) is 24.0 Å². The fourth-order valence-corrected chi connectivity index (χ4v) is 2.31. The summed E-state index contributed by atoms with van der Waals surface area (Å²) in [7, 11) is 3.65. The maximum atomic E-state index is 11.9. The lowest BCUT2D eigenvalue weighted by Gasteiger charge is -2.23. The molecule has 3 heteroatoms. The molecule has 20 heavy (non-hydrogen) atoms. The smallest absolute Gasteiger partial charge is 0.236 e. The van der Waals surface area contributed by atoms with E-state index >= 15 is 0 Å². The quantitative estimate of drug-likeness (QED) is 0.796. The van der Waals surface area contributed by atoms with Gasteiger partial charge in [0.1, 0.15) is 0 Å². The van der Waals surface area contributed by atoms with Gasteiger partial charge in [0.15, 0.2) is 0 Å². The fraction of sp³-hybridized carbons (Fsp3) is 0.588. The van der Waals surface area contributed by atoms with Gasteiger partial charge in [0.05, 0.1) is 6.54 Å². The minimum atomic E-state index is 0.190. The molecule has 1 aromatic rings. The van der Waals surface area contributed by atoms with Gasteiger partial charge in [-0.15, -0.1) is 0 Å². The predicted octanol–water partition coefficient (Wildman–Crippen LogP) is 2.86. The first-order valence-electron chi connectivity index (χ1n) is 7.50. The third-order valence-corrected chi connectivity index (χ3v) is 3.93. The monoisotopic (exact) mass is 274 g/mol. The number of likely N-dealkylation sites (N-methyl/N-ethyl adjacent to an activating group) is 1. The van der Waals surface area contributed by atoms with E-state index in [0.29, 0.717) is 18.5 Å². The molecule has 3 nitrogen and oxygen atoms in total. The average molecular weight is 274 g/mol. The Morgan fingerprint density at radius 1 is 1.20 bits per heavy atom. The van der Waals surface area contributed by atoms with E-state index in [1.807, 2.05) is 14.1 Å². The number of carbonyl (C=O) groups excluding carboxylic acids is 1. The highest BCUT2D eigenvalue weighted by Crippen LogP contribution is 2.28. The van der Waals surface area contributed by atoms with Crippen LogP contribution in [0.5, 0.6) is 0 Å². The van der Waals surface area contributed by atoms with Gasteiger partial charge < -0.3 is 4.90 Å². The van der Waals surface area contributed by atoms with E-state index in [0.717, 1.165) is 6.54 Å². The number of carbonyl (C=O) groups is 1. The van der Waals surface area contributed by atoms with Gasteiger partial charge in [0.25, 0.3) is 0 Å². The van der Waals surface area contributed by atoms with Crippen LogP contribution in [-0.2, 0) is 11.3 Å². The highest BCUT2D eigenvalue weighted by molar-refractivity contribution is 5.77. The molecule has 0 aliphatic heterocycles. The molecule has 1 aliphatic carbocycles. The standard InChI is InChI=1S/C17H26N2O/c1-13(2)15-7-5-14(6-8-15)11-19(16-9-10-16)12-17(20)18(3)4/h5-8,13,16H,9-12H2,1-4H3. The van der Waals surface area contributed by atoms with Crippen molar-refractivity contribution in [3.05, 3.63) is 35.4 Å². The van der Waals surface area contributed by atoms with E-state index in [1.54, 1.807) is 4.90 Å². The minimum absolute atomic E-state index is 0.190. The molecule has 1 fully saturated rings. The summed E-state index contributed by atoms with van der Waals surface area (Å²) in [6.07, 6.45) is 2.45. The third-order valence-electron chi connectivity index (χ3n) is 3.93. The number of hydrogen-bond acceptors (Lipinski definition) is 2. The number of hydrogen-bond donors (Lipinski definition) is 0. The number of amides is 1. The molecule has 0 heterocycles. The fourth-order valence-electron chi connectivity index (χ4n) is 2.31. The highest BCUT2D eigenvalue weighted by Gasteiger charge is 2.30. The molecule has 0 atom stereocenters. The van der Waals surface area contributed by atoms with Gasteiger partial charge in [-0.2, -0.15) is 0 Å². The van der Waals surface area contributed by atoms with Crippen LogP contribution in [0, 0.1) is 0 Å². The van der Waals surface area contributed by atoms with E-state index in [-0.39, 0.29) is 5.91 Å². The molecule has 1 saturated carbocycles. The van der Waals surface area contributed by atoms with Crippen molar-refractivity contribution in [3.63, 3.8) is 0 Å². The molecule has 1 aliphatic rings. The van der Waals surface area contributed by atoms with Crippen molar-refractivity contribution >= 4 is 5.91 Å². The van der Waals surface area contributed by atoms with Gasteiger partial charge in [-0.05, 0) is 29.9 Å². The molecule has 110 valence electrons. The Morgan fingerprint density at radius 3 is 2.25 bits per heavy atom. The highest BCUT2D eigenvalue weighted by atomic mass is 16.2. The Kier molecular flexibility index (Phi) is 4.81. The molecule has 2 rings (SSSR count). The molecule has 0 bridgehead atoms. The Balaban J connectivity index is 1.99. The summed E-state index contributed by atoms with van der Waals surface area (Å²) in [4.78, 5) is 15.9. The lowest BCUT2D eigenvalue weighted by Crippen LogP contribution is -2.37. The van der Waals surface area contributed by atoms with E-state index in [4.69, 9.17) is 0 Å². The third kappa shape index (κ3) is 4.07. The average Bonchev–Trinajstić information content (AvgIpc) is 3.22. The molecule has 0 radical (unpaired) electrons. The molecule has 0 saturated heterocycles. The van der Waals surface area contributed by atoms with Crippen molar-refractivity contribution < 1.29 is 4.79 Å². The van der Waals surface area contributed by atoms with Crippen LogP contribution in [0.15, 0.2) is 24.3 Å². The van der Waals surface area contributed by atoms with Crippen molar-refractivity contribution in [1.82, 2.24) is 9.80 Å². The van der Waals surface area contributed by atoms with Crippen LogP contribution in [0.4, 0.5) is 0 Å². The second-order valence-corrected chi connectivity index (χ2v) is 6.32. The Morgan fingerprint density at radius 2 is 1.80 bits per heavy atom. The van der Waals surface area contributed by atoms with Crippen LogP contribution in [0.25, 0.3) is 0 Å². The van der Waals surface area contributed by atoms with Crippen molar-refractivity contribution in [2.75, 3.05) is 20.6 Å². The topological polar surface area (TPSA) is 23.6 Å². The van der Waals surface area contributed by atoms with Crippen LogP contribution < -0.4 is 0 Å². The van der Waals surface area contributed by atoms with E-state index < -0.39 is 0 Å². The van der Waals surface area contributed by atoms with Gasteiger partial charge in [-0.1, -0.05) is 38.1 Å². The molecule has 1 aromatic carbocycles. The first kappa shape index (κ1) is 15.0. The van der Waals surface area contributed by atoms with Gasteiger partial charge in [0.2, 0.25) is 5.91 Å². The van der Waals surface area contributed by atoms with Gasteiger partial charge in [0, 0.05) is 26.7 Å². The minimum Gasteiger partial charge on any atom is -0.348 e. The van der Waals surface area contributed by atoms with Crippen LogP contribution in [0.1, 0.15) is 43.7 Å². The van der Waals surface area contributed by atoms with Crippen molar-refractivity contribution in [2.45, 2.75) is 45.2 Å². The normalized spacial score (nSPS) is 14.9. The SMILES string of the molecule is CC(C)c1ccc(CN(CC(=O)N(C)C)C2CC2)cc1. The molecule has 0 spiro atoms. The largest absolute Gasteiger partial charge is 0.348 e. The van der Waals surface area contributed by atoms with Crippen LogP contribution >= 0.6 is 0 Å². The Hall–Kier alpha value is -1.35. The van der Waals surface area contributed by atoms with E-state index in [2.05, 4.69) is 43.0 Å². The summed E-state index contributed by atoms with van der Waals surface area (Å²) < 4.78 is 0. The van der Waals surface area contributed by atoms with Gasteiger partial charge in [-0.3, -0.25) is 9.69 Å². The number of rotatable bonds is 6. The first-order chi connectivity index (χ1) is 9.47. The second kappa shape index (κ2) is 6.40. The van der Waals surface area contributed by atoms with Crippen LogP contribution in [0.3, 0.4) is 0 Å². The summed E-state index contributed by atoms with van der Waals surface area (Å²) in [5, 5.41) is 0. The molecule has 1 amide bonds. The number of benzene rings is 1. The summed E-state index contributed by atoms with van der Waals surface area (Å²) >= 11 is 0. The predicted molar refractivity (Wildman–Crippen MR) is 82.7 cm³/mol. The summed E-state index contributed by atoms with van der Waals surface area (Å²) in [6.45, 7) is 5.83. The summed E-state index contributed by atoms with van der Waals surface area (Å²) in [6, 6.07) is 9.41. The summed E-state index contributed by atoms with van der Waals surface area (Å²) in [5.41, 5.74) is 2.67. The first-order valence-corrected chi connectivity index (χ1v) is 7.50. The zero-order valence-corrected chi connectivity index (χ0v) is 13.1. The zero-order valence-electron chi connectivity index (χ0n) is 13.1. The molecule has 0 aromatic heterocycles. The zero-order chi connectivity index (χ0) is 14.7. The van der Waals surface area contributed by atoms with Gasteiger partial charge >= 0.3 is 0 Å². The molecule has 0 N–H and O–H groups in total. The van der Waals surface area contributed by atoms with E-state index in [9.17, 15) is 4.79 Å². The molecular formula is C17H26N2O. The van der Waals surface area contributed by atoms with Crippen molar-refractivity contribution in [2.24, 2.45) is 0 Å². The van der Waals surface area contributed by atoms with Crippen molar-refractivity contribution in [3.8, 4) is 0 Å².